The predicted octanol–water partition coefficient (Wildman–Crippen LogP) is 0.266. The molecule has 27 heavy (non-hydrogen) atoms. The highest BCUT2D eigenvalue weighted by atomic mass is 32.2. The highest BCUT2D eigenvalue weighted by Gasteiger charge is 2.14. The van der Waals surface area contributed by atoms with E-state index in [1.165, 1.54) is 30.7 Å². The summed E-state index contributed by atoms with van der Waals surface area (Å²) in [5.41, 5.74) is 0. The van der Waals surface area contributed by atoms with Crippen LogP contribution in [0.1, 0.15) is 6.42 Å². The predicted molar refractivity (Wildman–Crippen MR) is 98.2 cm³/mol. The van der Waals surface area contributed by atoms with Gasteiger partial charge in [-0.15, -0.1) is 5.10 Å². The quantitative estimate of drug-likeness (QED) is 0.515. The third kappa shape index (κ3) is 6.29. The van der Waals surface area contributed by atoms with Crippen molar-refractivity contribution in [3.63, 3.8) is 0 Å². The maximum Gasteiger partial charge on any atom is 0.220 e. The number of methoxy groups -OCH3 is 2. The number of benzene rings is 1. The minimum atomic E-state index is -0.876. The number of amides is 1. The molecule has 0 saturated heterocycles. The van der Waals surface area contributed by atoms with Crippen molar-refractivity contribution in [3.05, 3.63) is 18.2 Å². The van der Waals surface area contributed by atoms with E-state index < -0.39 is 6.10 Å². The Labute approximate surface area is 161 Å². The van der Waals surface area contributed by atoms with E-state index in [0.29, 0.717) is 28.2 Å². The van der Waals surface area contributed by atoms with E-state index >= 15 is 0 Å². The number of thioether (sulfide) groups is 1. The van der Waals surface area contributed by atoms with Crippen LogP contribution in [0.15, 0.2) is 23.4 Å². The highest BCUT2D eigenvalue weighted by molar-refractivity contribution is 7.99. The number of carbonyl (C=O) groups excluding carboxylic acids is 1. The largest absolute Gasteiger partial charge is 0.493 e. The van der Waals surface area contributed by atoms with E-state index in [2.05, 4.69) is 20.8 Å². The summed E-state index contributed by atoms with van der Waals surface area (Å²) in [7, 11) is 4.77. The van der Waals surface area contributed by atoms with Crippen molar-refractivity contribution >= 4 is 17.7 Å². The third-order valence-corrected chi connectivity index (χ3v) is 4.49. The minimum Gasteiger partial charge on any atom is -0.493 e. The SMILES string of the molecule is COc1cccc(OC)c1OCC(O)CNC(=O)CCSc1nnnn1C. The lowest BCUT2D eigenvalue weighted by atomic mass is 10.3. The second-order valence-electron chi connectivity index (χ2n) is 5.44. The molecule has 0 aliphatic heterocycles. The summed E-state index contributed by atoms with van der Waals surface area (Å²) in [6.07, 6.45) is -0.593. The molecule has 0 bridgehead atoms. The monoisotopic (exact) mass is 397 g/mol. The molecule has 1 heterocycles. The molecule has 10 nitrogen and oxygen atoms in total. The van der Waals surface area contributed by atoms with Crippen LogP contribution in [0.4, 0.5) is 0 Å². The Balaban J connectivity index is 1.71. The first-order chi connectivity index (χ1) is 13.0. The summed E-state index contributed by atoms with van der Waals surface area (Å²) in [5, 5.41) is 24.4. The van der Waals surface area contributed by atoms with Gasteiger partial charge in [-0.25, -0.2) is 4.68 Å². The van der Waals surface area contributed by atoms with Crippen molar-refractivity contribution in [1.82, 2.24) is 25.5 Å². The molecule has 1 aromatic carbocycles. The molecule has 148 valence electrons. The zero-order valence-corrected chi connectivity index (χ0v) is 16.2. The molecular formula is C16H23N5O5S. The highest BCUT2D eigenvalue weighted by Crippen LogP contribution is 2.36. The Hall–Kier alpha value is -2.53. The molecule has 11 heteroatoms. The number of rotatable bonds is 11. The number of hydrogen-bond acceptors (Lipinski definition) is 9. The first kappa shape index (κ1) is 20.8. The molecule has 0 fully saturated rings. The van der Waals surface area contributed by atoms with Gasteiger partial charge >= 0.3 is 0 Å². The van der Waals surface area contributed by atoms with Crippen LogP contribution in [0.2, 0.25) is 0 Å². The summed E-state index contributed by atoms with van der Waals surface area (Å²) >= 11 is 1.38. The fraction of sp³-hybridized carbons (Fsp3) is 0.500. The lowest BCUT2D eigenvalue weighted by Gasteiger charge is -2.17. The van der Waals surface area contributed by atoms with Gasteiger partial charge in [0.2, 0.25) is 16.8 Å². The lowest BCUT2D eigenvalue weighted by Crippen LogP contribution is -2.35. The number of aliphatic hydroxyl groups is 1. The number of tetrazole rings is 1. The van der Waals surface area contributed by atoms with Crippen LogP contribution in [0.3, 0.4) is 0 Å². The molecule has 0 aliphatic carbocycles. The van der Waals surface area contributed by atoms with Crippen molar-refractivity contribution < 1.29 is 24.1 Å². The summed E-state index contributed by atoms with van der Waals surface area (Å²) in [6.45, 7) is 0.0584. The number of para-hydroxylation sites is 1. The summed E-state index contributed by atoms with van der Waals surface area (Å²) in [4.78, 5) is 11.9. The topological polar surface area (TPSA) is 121 Å². The van der Waals surface area contributed by atoms with Crippen molar-refractivity contribution in [2.24, 2.45) is 7.05 Å². The van der Waals surface area contributed by atoms with Crippen LogP contribution in [0, 0.1) is 0 Å². The zero-order valence-electron chi connectivity index (χ0n) is 15.4. The number of nitrogens with one attached hydrogen (secondary N) is 1. The average molecular weight is 397 g/mol. The van der Waals surface area contributed by atoms with Gasteiger partial charge in [0, 0.05) is 25.8 Å². The van der Waals surface area contributed by atoms with Crippen molar-refractivity contribution in [2.45, 2.75) is 17.7 Å². The van der Waals surface area contributed by atoms with Crippen LogP contribution >= 0.6 is 11.8 Å². The molecule has 0 aliphatic rings. The summed E-state index contributed by atoms with van der Waals surface area (Å²) in [5.74, 6) is 1.76. The maximum absolute atomic E-state index is 11.9. The number of aryl methyl sites for hydroxylation is 1. The fourth-order valence-electron chi connectivity index (χ4n) is 2.10. The second kappa shape index (κ2) is 10.6. The Morgan fingerprint density at radius 1 is 1.33 bits per heavy atom. The molecule has 2 rings (SSSR count). The molecule has 1 unspecified atom stereocenters. The maximum atomic E-state index is 11.9. The van der Waals surface area contributed by atoms with Gasteiger partial charge in [0.05, 0.1) is 14.2 Å². The van der Waals surface area contributed by atoms with Gasteiger partial charge in [0.1, 0.15) is 12.7 Å². The van der Waals surface area contributed by atoms with Gasteiger partial charge in [-0.3, -0.25) is 4.79 Å². The second-order valence-corrected chi connectivity index (χ2v) is 6.51. The van der Waals surface area contributed by atoms with Gasteiger partial charge in [0.25, 0.3) is 0 Å². The molecule has 0 saturated carbocycles. The first-order valence-corrected chi connectivity index (χ1v) is 9.17. The normalized spacial score (nSPS) is 11.7. The summed E-state index contributed by atoms with van der Waals surface area (Å²) < 4.78 is 17.6. The van der Waals surface area contributed by atoms with E-state index in [4.69, 9.17) is 14.2 Å². The minimum absolute atomic E-state index is 0.0175. The van der Waals surface area contributed by atoms with Gasteiger partial charge in [-0.2, -0.15) is 0 Å². The van der Waals surface area contributed by atoms with Crippen molar-refractivity contribution in [1.29, 1.82) is 0 Å². The standard InChI is InChI=1S/C16H23N5O5S/c1-21-16(18-19-20-21)27-8-7-14(23)17-9-11(22)10-26-15-12(24-2)5-4-6-13(15)25-3/h4-6,11,22H,7-10H2,1-3H3,(H,17,23). The fourth-order valence-corrected chi connectivity index (χ4v) is 2.88. The Kier molecular flexibility index (Phi) is 8.14. The average Bonchev–Trinajstić information content (AvgIpc) is 3.09. The number of nitrogens with zero attached hydrogens (tertiary/aromatic N) is 4. The molecule has 2 N–H and O–H groups in total. The van der Waals surface area contributed by atoms with E-state index in [1.807, 2.05) is 0 Å². The molecular weight excluding hydrogens is 374 g/mol. The van der Waals surface area contributed by atoms with Crippen LogP contribution in [0.25, 0.3) is 0 Å². The number of carbonyl (C=O) groups is 1. The Morgan fingerprint density at radius 2 is 2.04 bits per heavy atom. The molecule has 1 aromatic heterocycles. The van der Waals surface area contributed by atoms with Crippen LogP contribution in [0.5, 0.6) is 17.2 Å². The van der Waals surface area contributed by atoms with Crippen LogP contribution in [-0.4, -0.2) is 70.4 Å². The molecule has 0 spiro atoms. The number of ether oxygens (including phenoxy) is 3. The Morgan fingerprint density at radius 3 is 2.63 bits per heavy atom. The summed E-state index contributed by atoms with van der Waals surface area (Å²) in [6, 6.07) is 5.24. The van der Waals surface area contributed by atoms with Crippen molar-refractivity contribution in [3.8, 4) is 17.2 Å². The smallest absolute Gasteiger partial charge is 0.220 e. The van der Waals surface area contributed by atoms with Gasteiger partial charge < -0.3 is 24.6 Å². The molecule has 1 atom stereocenters. The van der Waals surface area contributed by atoms with Gasteiger partial charge in [-0.05, 0) is 22.6 Å². The zero-order chi connectivity index (χ0) is 19.6. The van der Waals surface area contributed by atoms with E-state index in [9.17, 15) is 9.90 Å². The van der Waals surface area contributed by atoms with E-state index in [1.54, 1.807) is 25.2 Å². The lowest BCUT2D eigenvalue weighted by molar-refractivity contribution is -0.121. The number of aliphatic hydroxyl groups excluding tert-OH is 1. The van der Waals surface area contributed by atoms with E-state index in [0.717, 1.165) is 0 Å². The van der Waals surface area contributed by atoms with Crippen LogP contribution in [-0.2, 0) is 11.8 Å². The number of aromatic nitrogens is 4. The molecule has 0 radical (unpaired) electrons. The van der Waals surface area contributed by atoms with Gasteiger partial charge in [0.15, 0.2) is 11.5 Å². The molecule has 2 aromatic rings. The van der Waals surface area contributed by atoms with E-state index in [-0.39, 0.29) is 25.5 Å². The van der Waals surface area contributed by atoms with Crippen LogP contribution < -0.4 is 19.5 Å². The third-order valence-electron chi connectivity index (χ3n) is 3.48. The van der Waals surface area contributed by atoms with Gasteiger partial charge in [-0.1, -0.05) is 17.8 Å². The Bertz CT molecular complexity index is 719. The van der Waals surface area contributed by atoms with Crippen molar-refractivity contribution in [2.75, 3.05) is 33.1 Å². The molecule has 1 amide bonds. The number of hydrogen-bond donors (Lipinski definition) is 2. The first-order valence-electron chi connectivity index (χ1n) is 8.18.